The van der Waals surface area contributed by atoms with Crippen molar-refractivity contribution in [2.45, 2.75) is 76.8 Å². The first kappa shape index (κ1) is 16.5. The zero-order valence-corrected chi connectivity index (χ0v) is 14.4. The van der Waals surface area contributed by atoms with Gasteiger partial charge in [-0.2, -0.15) is 0 Å². The van der Waals surface area contributed by atoms with Gasteiger partial charge in [-0.25, -0.2) is 0 Å². The first-order valence-electron chi connectivity index (χ1n) is 9.38. The van der Waals surface area contributed by atoms with Crippen molar-refractivity contribution < 1.29 is 9.59 Å². The van der Waals surface area contributed by atoms with Crippen LogP contribution in [0.5, 0.6) is 0 Å². The third-order valence-corrected chi connectivity index (χ3v) is 5.82. The molecule has 2 fully saturated rings. The maximum atomic E-state index is 12.5. The van der Waals surface area contributed by atoms with Crippen LogP contribution in [-0.2, 0) is 9.59 Å². The van der Waals surface area contributed by atoms with Crippen LogP contribution in [0.3, 0.4) is 0 Å². The van der Waals surface area contributed by atoms with Crippen molar-refractivity contribution in [1.29, 1.82) is 0 Å². The second kappa shape index (κ2) is 7.50. The number of hydrogen-bond donors (Lipinski definition) is 0. The normalized spacial score (nSPS) is 28.3. The third-order valence-electron chi connectivity index (χ3n) is 5.82. The van der Waals surface area contributed by atoms with Crippen molar-refractivity contribution in [2.75, 3.05) is 13.1 Å². The highest BCUT2D eigenvalue weighted by atomic mass is 16.2. The van der Waals surface area contributed by atoms with E-state index in [0.29, 0.717) is 30.3 Å². The first-order chi connectivity index (χ1) is 11.1. The van der Waals surface area contributed by atoms with Crippen molar-refractivity contribution in [3.05, 3.63) is 12.2 Å². The average Bonchev–Trinajstić information content (AvgIpc) is 2.84. The van der Waals surface area contributed by atoms with Gasteiger partial charge in [-0.05, 0) is 57.3 Å². The summed E-state index contributed by atoms with van der Waals surface area (Å²) < 4.78 is 0. The van der Waals surface area contributed by atoms with E-state index in [1.165, 1.54) is 6.42 Å². The molecule has 1 saturated carbocycles. The van der Waals surface area contributed by atoms with Crippen LogP contribution < -0.4 is 0 Å². The van der Waals surface area contributed by atoms with Crippen LogP contribution in [0.15, 0.2) is 12.2 Å². The van der Waals surface area contributed by atoms with E-state index in [9.17, 15) is 9.59 Å². The van der Waals surface area contributed by atoms with Gasteiger partial charge in [0.1, 0.15) is 0 Å². The van der Waals surface area contributed by atoms with Gasteiger partial charge < -0.3 is 9.80 Å². The quantitative estimate of drug-likeness (QED) is 0.747. The van der Waals surface area contributed by atoms with Crippen LogP contribution >= 0.6 is 0 Å². The highest BCUT2D eigenvalue weighted by Crippen LogP contribution is 2.30. The molecule has 1 heterocycles. The minimum atomic E-state index is 0.218. The number of nitrogens with zero attached hydrogens (tertiary/aromatic N) is 2. The highest BCUT2D eigenvalue weighted by Gasteiger charge is 2.34. The number of carbonyl (C=O) groups is 2. The molecular formula is C19H30N2O2. The minimum Gasteiger partial charge on any atom is -0.343 e. The number of rotatable bonds is 4. The molecule has 3 rings (SSSR count). The van der Waals surface area contributed by atoms with Crippen molar-refractivity contribution in [3.8, 4) is 0 Å². The Balaban J connectivity index is 1.54. The predicted molar refractivity (Wildman–Crippen MR) is 90.9 cm³/mol. The Labute approximate surface area is 139 Å². The second-order valence-electron chi connectivity index (χ2n) is 7.45. The lowest BCUT2D eigenvalue weighted by molar-refractivity contribution is -0.136. The standard InChI is InChI=1S/C19H30N2O2/c1-15(22)21(17-8-4-9-17)18-10-5-12-20(13-11-18)19(23)14-16-6-2-3-7-16/h2,6,16-18H,3-5,7-14H2,1H3/t16-,18-/m1/s1. The molecule has 0 unspecified atom stereocenters. The van der Waals surface area contributed by atoms with Crippen LogP contribution in [0.25, 0.3) is 0 Å². The van der Waals surface area contributed by atoms with Crippen LogP contribution in [0, 0.1) is 5.92 Å². The number of amides is 2. The van der Waals surface area contributed by atoms with Crippen molar-refractivity contribution >= 4 is 11.8 Å². The molecule has 0 spiro atoms. The SMILES string of the molecule is CC(=O)N(C1CCC1)[C@@H]1CCCN(C(=O)C[C@@H]2C=CCC2)CC1. The zero-order chi connectivity index (χ0) is 16.2. The summed E-state index contributed by atoms with van der Waals surface area (Å²) in [5.41, 5.74) is 0. The summed E-state index contributed by atoms with van der Waals surface area (Å²) in [5, 5.41) is 0. The van der Waals surface area contributed by atoms with E-state index in [-0.39, 0.29) is 5.91 Å². The molecule has 1 aliphatic heterocycles. The fourth-order valence-corrected chi connectivity index (χ4v) is 4.30. The Kier molecular flexibility index (Phi) is 5.39. The molecule has 0 aromatic heterocycles. The van der Waals surface area contributed by atoms with Gasteiger partial charge in [0.2, 0.25) is 11.8 Å². The summed E-state index contributed by atoms with van der Waals surface area (Å²) in [6.07, 6.45) is 13.9. The topological polar surface area (TPSA) is 40.6 Å². The number of likely N-dealkylation sites (tertiary alicyclic amines) is 1. The Morgan fingerprint density at radius 2 is 1.78 bits per heavy atom. The Bertz CT molecular complexity index is 470. The largest absolute Gasteiger partial charge is 0.343 e. The summed E-state index contributed by atoms with van der Waals surface area (Å²) in [7, 11) is 0. The molecule has 2 amide bonds. The van der Waals surface area contributed by atoms with Crippen LogP contribution in [-0.4, -0.2) is 46.8 Å². The molecule has 4 nitrogen and oxygen atoms in total. The fraction of sp³-hybridized carbons (Fsp3) is 0.789. The zero-order valence-electron chi connectivity index (χ0n) is 14.4. The van der Waals surface area contributed by atoms with Gasteiger partial charge in [0.15, 0.2) is 0 Å². The van der Waals surface area contributed by atoms with Gasteiger partial charge in [0, 0.05) is 38.5 Å². The summed E-state index contributed by atoms with van der Waals surface area (Å²) in [6, 6.07) is 0.797. The first-order valence-corrected chi connectivity index (χ1v) is 9.38. The summed E-state index contributed by atoms with van der Waals surface area (Å²) in [4.78, 5) is 28.8. The van der Waals surface area contributed by atoms with E-state index in [2.05, 4.69) is 17.1 Å². The number of carbonyl (C=O) groups excluding carboxylic acids is 2. The van der Waals surface area contributed by atoms with Gasteiger partial charge in [0.25, 0.3) is 0 Å². The molecule has 0 aromatic rings. The lowest BCUT2D eigenvalue weighted by Gasteiger charge is -2.42. The monoisotopic (exact) mass is 318 g/mol. The molecule has 0 N–H and O–H groups in total. The van der Waals surface area contributed by atoms with E-state index in [1.807, 2.05) is 4.90 Å². The van der Waals surface area contributed by atoms with E-state index < -0.39 is 0 Å². The molecule has 2 aliphatic carbocycles. The van der Waals surface area contributed by atoms with Crippen LogP contribution in [0.4, 0.5) is 0 Å². The van der Waals surface area contributed by atoms with Gasteiger partial charge in [-0.1, -0.05) is 12.2 Å². The molecule has 0 aromatic carbocycles. The fourth-order valence-electron chi connectivity index (χ4n) is 4.30. The molecule has 23 heavy (non-hydrogen) atoms. The van der Waals surface area contributed by atoms with E-state index in [1.54, 1.807) is 6.92 Å². The molecule has 128 valence electrons. The van der Waals surface area contributed by atoms with E-state index in [4.69, 9.17) is 0 Å². The van der Waals surface area contributed by atoms with E-state index >= 15 is 0 Å². The van der Waals surface area contributed by atoms with Crippen LogP contribution in [0.1, 0.15) is 64.7 Å². The molecular weight excluding hydrogens is 288 g/mol. The van der Waals surface area contributed by atoms with E-state index in [0.717, 1.165) is 58.0 Å². The maximum Gasteiger partial charge on any atom is 0.223 e. The van der Waals surface area contributed by atoms with Crippen molar-refractivity contribution in [1.82, 2.24) is 9.80 Å². The smallest absolute Gasteiger partial charge is 0.223 e. The summed E-state index contributed by atoms with van der Waals surface area (Å²) >= 11 is 0. The van der Waals surface area contributed by atoms with Gasteiger partial charge in [0.05, 0.1) is 0 Å². The molecule has 0 radical (unpaired) electrons. The van der Waals surface area contributed by atoms with Crippen molar-refractivity contribution in [2.24, 2.45) is 5.92 Å². The molecule has 4 heteroatoms. The molecule has 0 bridgehead atoms. The highest BCUT2D eigenvalue weighted by molar-refractivity contribution is 5.77. The second-order valence-corrected chi connectivity index (χ2v) is 7.45. The Hall–Kier alpha value is -1.32. The van der Waals surface area contributed by atoms with Gasteiger partial charge >= 0.3 is 0 Å². The number of hydrogen-bond acceptors (Lipinski definition) is 2. The third kappa shape index (κ3) is 3.96. The molecule has 2 atom stereocenters. The lowest BCUT2D eigenvalue weighted by Crippen LogP contribution is -2.49. The molecule has 1 saturated heterocycles. The average molecular weight is 318 g/mol. The summed E-state index contributed by atoms with van der Waals surface area (Å²) in [6.45, 7) is 3.39. The summed E-state index contributed by atoms with van der Waals surface area (Å²) in [5.74, 6) is 0.973. The number of allylic oxidation sites excluding steroid dienone is 2. The minimum absolute atomic E-state index is 0.218. The van der Waals surface area contributed by atoms with Crippen LogP contribution in [0.2, 0.25) is 0 Å². The Morgan fingerprint density at radius 3 is 2.39 bits per heavy atom. The van der Waals surface area contributed by atoms with Crippen molar-refractivity contribution in [3.63, 3.8) is 0 Å². The predicted octanol–water partition coefficient (Wildman–Crippen LogP) is 3.12. The Morgan fingerprint density at radius 1 is 1.04 bits per heavy atom. The van der Waals surface area contributed by atoms with Gasteiger partial charge in [-0.3, -0.25) is 9.59 Å². The van der Waals surface area contributed by atoms with Gasteiger partial charge in [-0.15, -0.1) is 0 Å². The molecule has 3 aliphatic rings. The lowest BCUT2D eigenvalue weighted by atomic mass is 9.89. The maximum absolute atomic E-state index is 12.5.